The van der Waals surface area contributed by atoms with E-state index in [-0.39, 0.29) is 42.9 Å². The number of likely N-dealkylation sites (tertiary alicyclic amines) is 1. The van der Waals surface area contributed by atoms with Gasteiger partial charge >= 0.3 is 0 Å². The minimum absolute atomic E-state index is 0.0483. The summed E-state index contributed by atoms with van der Waals surface area (Å²) in [7, 11) is 1.83. The van der Waals surface area contributed by atoms with Crippen LogP contribution in [0.25, 0.3) is 0 Å². The van der Waals surface area contributed by atoms with Crippen LogP contribution in [0, 0.1) is 11.8 Å². The van der Waals surface area contributed by atoms with Crippen LogP contribution in [0.2, 0.25) is 0 Å². The molecule has 246 valence electrons. The summed E-state index contributed by atoms with van der Waals surface area (Å²) in [5.74, 6) is -0.703. The first-order valence-electron chi connectivity index (χ1n) is 16.5. The number of piperazine rings is 1. The number of alkyl halides is 2. The molecule has 0 saturated carbocycles. The maximum Gasteiger partial charge on any atom is 0.227 e. The minimum Gasteiger partial charge on any atom is -0.378 e. The van der Waals surface area contributed by atoms with Gasteiger partial charge < -0.3 is 26.0 Å². The molecule has 0 spiro atoms. The van der Waals surface area contributed by atoms with Crippen LogP contribution in [0.3, 0.4) is 0 Å². The van der Waals surface area contributed by atoms with Crippen molar-refractivity contribution in [3.05, 3.63) is 0 Å². The van der Waals surface area contributed by atoms with Gasteiger partial charge in [-0.15, -0.1) is 0 Å². The first-order valence-corrected chi connectivity index (χ1v) is 16.5. The van der Waals surface area contributed by atoms with Gasteiger partial charge in [0, 0.05) is 63.8 Å². The van der Waals surface area contributed by atoms with E-state index < -0.39 is 36.5 Å². The monoisotopic (exact) mass is 612 g/mol. The van der Waals surface area contributed by atoms with E-state index >= 15 is 4.39 Å². The normalized spacial score (nSPS) is 38.5. The van der Waals surface area contributed by atoms with Crippen LogP contribution >= 0.6 is 0 Å². The molecule has 8 unspecified atom stereocenters. The summed E-state index contributed by atoms with van der Waals surface area (Å²) < 4.78 is 35.6. The molecule has 0 bridgehead atoms. The van der Waals surface area contributed by atoms with Crippen LogP contribution < -0.4 is 21.7 Å². The van der Waals surface area contributed by atoms with Crippen LogP contribution in [-0.2, 0) is 14.3 Å². The third-order valence-electron chi connectivity index (χ3n) is 10.7. The Morgan fingerprint density at radius 1 is 1.02 bits per heavy atom. The number of carbonyl (C=O) groups excluding carboxylic acids is 2. The number of nitrogens with two attached hydrogens (primary N) is 1. The lowest BCUT2D eigenvalue weighted by Crippen LogP contribution is -2.68. The van der Waals surface area contributed by atoms with Gasteiger partial charge in [-0.25, -0.2) is 8.78 Å². The first-order chi connectivity index (χ1) is 20.7. The van der Waals surface area contributed by atoms with Crippen molar-refractivity contribution in [2.45, 2.75) is 88.2 Å². The zero-order chi connectivity index (χ0) is 30.7. The Kier molecular flexibility index (Phi) is 11.3. The first kappa shape index (κ1) is 32.9. The standard InChI is InChI=1S/C30H54F2N8O3/c1-4-22-13-21(31)16-37(3)19(2)26(28(33)35-22)29(41)36-25-15-34-14-24(32)27(25)39-7-5-20(6-8-39)30(42)40-11-9-38(10-12-40)23-17-43-18-23/h19-28,34-35H,4-18,33H2,1-3H3,(H,36,41). The lowest BCUT2D eigenvalue weighted by molar-refractivity contribution is -0.141. The molecule has 5 N–H and O–H groups in total. The Bertz CT molecular complexity index is 931. The number of hydrogen-bond donors (Lipinski definition) is 4. The molecule has 11 nitrogen and oxygen atoms in total. The van der Waals surface area contributed by atoms with E-state index in [1.807, 2.05) is 30.7 Å². The van der Waals surface area contributed by atoms with Gasteiger partial charge in [0.05, 0.1) is 43.4 Å². The lowest BCUT2D eigenvalue weighted by atomic mass is 9.89. The molecule has 0 aliphatic carbocycles. The molecule has 5 saturated heterocycles. The molecular formula is C30H54F2N8O3. The van der Waals surface area contributed by atoms with E-state index in [4.69, 9.17) is 10.5 Å². The number of amides is 2. The van der Waals surface area contributed by atoms with E-state index in [1.54, 1.807) is 0 Å². The van der Waals surface area contributed by atoms with Crippen LogP contribution in [0.1, 0.15) is 39.5 Å². The van der Waals surface area contributed by atoms with Gasteiger partial charge in [0.2, 0.25) is 11.8 Å². The van der Waals surface area contributed by atoms with Crippen molar-refractivity contribution >= 4 is 11.8 Å². The molecule has 5 aliphatic rings. The van der Waals surface area contributed by atoms with Gasteiger partial charge in [0.25, 0.3) is 0 Å². The third kappa shape index (κ3) is 7.67. The summed E-state index contributed by atoms with van der Waals surface area (Å²) in [4.78, 5) is 35.6. The second kappa shape index (κ2) is 14.7. The van der Waals surface area contributed by atoms with Gasteiger partial charge in [0.1, 0.15) is 12.3 Å². The fourth-order valence-corrected chi connectivity index (χ4v) is 7.76. The van der Waals surface area contributed by atoms with Crippen LogP contribution in [0.5, 0.6) is 0 Å². The minimum atomic E-state index is -1.15. The van der Waals surface area contributed by atoms with Crippen LogP contribution in [0.4, 0.5) is 8.78 Å². The third-order valence-corrected chi connectivity index (χ3v) is 10.7. The zero-order valence-corrected chi connectivity index (χ0v) is 26.2. The highest BCUT2D eigenvalue weighted by Crippen LogP contribution is 2.27. The fourth-order valence-electron chi connectivity index (χ4n) is 7.76. The van der Waals surface area contributed by atoms with Crippen molar-refractivity contribution < 1.29 is 23.1 Å². The van der Waals surface area contributed by atoms with E-state index in [0.29, 0.717) is 51.4 Å². The summed E-state index contributed by atoms with van der Waals surface area (Å²) in [5.41, 5.74) is 6.56. The Hall–Kier alpha value is -1.48. The Morgan fingerprint density at radius 2 is 1.72 bits per heavy atom. The van der Waals surface area contributed by atoms with Crippen LogP contribution in [0.15, 0.2) is 0 Å². The number of carbonyl (C=O) groups is 2. The number of halogens is 2. The molecule has 8 atom stereocenters. The molecule has 2 amide bonds. The smallest absolute Gasteiger partial charge is 0.227 e. The fraction of sp³-hybridized carbons (Fsp3) is 0.933. The molecule has 0 aromatic rings. The van der Waals surface area contributed by atoms with Crippen molar-refractivity contribution in [3.63, 3.8) is 0 Å². The maximum absolute atomic E-state index is 15.6. The maximum atomic E-state index is 15.6. The van der Waals surface area contributed by atoms with Crippen molar-refractivity contribution in [2.75, 3.05) is 79.2 Å². The number of ether oxygens (including phenoxy) is 1. The zero-order valence-electron chi connectivity index (χ0n) is 26.2. The molecule has 5 fully saturated rings. The highest BCUT2D eigenvalue weighted by Gasteiger charge is 2.44. The molecule has 13 heteroatoms. The summed E-state index contributed by atoms with van der Waals surface area (Å²) in [6.07, 6.45) is -0.390. The predicted molar refractivity (Wildman–Crippen MR) is 161 cm³/mol. The Morgan fingerprint density at radius 3 is 2.35 bits per heavy atom. The topological polar surface area (TPSA) is 118 Å². The van der Waals surface area contributed by atoms with Gasteiger partial charge in [-0.05, 0) is 52.7 Å². The quantitative estimate of drug-likeness (QED) is 0.311. The second-order valence-corrected chi connectivity index (χ2v) is 13.5. The molecular weight excluding hydrogens is 558 g/mol. The van der Waals surface area contributed by atoms with Gasteiger partial charge in [-0.2, -0.15) is 0 Å². The molecule has 0 radical (unpaired) electrons. The van der Waals surface area contributed by atoms with E-state index in [2.05, 4.69) is 25.8 Å². The van der Waals surface area contributed by atoms with Gasteiger partial charge in [-0.1, -0.05) is 6.92 Å². The number of hydrogen-bond acceptors (Lipinski definition) is 9. The lowest BCUT2D eigenvalue weighted by Gasteiger charge is -2.46. The van der Waals surface area contributed by atoms with Crippen molar-refractivity contribution in [1.29, 1.82) is 0 Å². The predicted octanol–water partition coefficient (Wildman–Crippen LogP) is -0.633. The summed E-state index contributed by atoms with van der Waals surface area (Å²) >= 11 is 0. The molecule has 5 heterocycles. The SMILES string of the molecule is CCC1CC(F)CN(C)C(C)C(C(=O)NC2CNCC(F)C2N2CCC(C(=O)N3CCN(C4COC4)CC3)CC2)C(N)N1. The number of nitrogens with zero attached hydrogens (tertiary/aromatic N) is 4. The molecule has 43 heavy (non-hydrogen) atoms. The van der Waals surface area contributed by atoms with Crippen molar-refractivity contribution in [3.8, 4) is 0 Å². The molecule has 0 aromatic heterocycles. The Balaban J connectivity index is 1.18. The Labute approximate surface area is 255 Å². The number of piperidine rings is 2. The van der Waals surface area contributed by atoms with Crippen molar-refractivity contribution in [2.24, 2.45) is 17.6 Å². The second-order valence-electron chi connectivity index (χ2n) is 13.5. The molecule has 5 aliphatic heterocycles. The van der Waals surface area contributed by atoms with E-state index in [9.17, 15) is 14.0 Å². The van der Waals surface area contributed by atoms with Crippen LogP contribution in [-0.4, -0.2) is 159 Å². The highest BCUT2D eigenvalue weighted by atomic mass is 19.1. The highest BCUT2D eigenvalue weighted by molar-refractivity contribution is 5.80. The van der Waals surface area contributed by atoms with E-state index in [0.717, 1.165) is 39.4 Å². The van der Waals surface area contributed by atoms with Gasteiger partial charge in [0.15, 0.2) is 0 Å². The summed E-state index contributed by atoms with van der Waals surface area (Å²) in [6, 6.07) is -0.861. The summed E-state index contributed by atoms with van der Waals surface area (Å²) in [5, 5.41) is 9.60. The van der Waals surface area contributed by atoms with Crippen molar-refractivity contribution in [1.82, 2.24) is 35.6 Å². The average molecular weight is 613 g/mol. The van der Waals surface area contributed by atoms with E-state index in [1.165, 1.54) is 0 Å². The molecule has 5 rings (SSSR count). The largest absolute Gasteiger partial charge is 0.378 e. The average Bonchev–Trinajstić information content (AvgIpc) is 2.99. The summed E-state index contributed by atoms with van der Waals surface area (Å²) in [6.45, 7) is 10.9. The molecule has 0 aromatic carbocycles. The van der Waals surface area contributed by atoms with Gasteiger partial charge in [-0.3, -0.25) is 29.6 Å². The number of nitrogens with one attached hydrogen (secondary N) is 3. The number of rotatable bonds is 6.